The normalized spacial score (nSPS) is 15.6. The highest BCUT2D eigenvalue weighted by molar-refractivity contribution is 6.32. The first-order valence-corrected chi connectivity index (χ1v) is 13.5. The van der Waals surface area contributed by atoms with Crippen LogP contribution < -0.4 is 16.0 Å². The van der Waals surface area contributed by atoms with Crippen molar-refractivity contribution in [3.05, 3.63) is 82.4 Å². The zero-order valence-electron chi connectivity index (χ0n) is 21.5. The molecule has 1 fully saturated rings. The van der Waals surface area contributed by atoms with Crippen LogP contribution >= 0.6 is 23.2 Å². The third-order valence-electron chi connectivity index (χ3n) is 6.62. The quantitative estimate of drug-likeness (QED) is 0.206. The summed E-state index contributed by atoms with van der Waals surface area (Å²) in [5.74, 6) is 0.0110. The SMILES string of the molecule is O=C(O)Nc1ccc(-c2cc([C@H](CC3CCNC3)NC(=O)C=Cc3cc(Cl)ccc3-n3cnnn3)nnc2Cl)cc1. The van der Waals surface area contributed by atoms with E-state index in [1.54, 1.807) is 54.6 Å². The van der Waals surface area contributed by atoms with Gasteiger partial charge in [0.15, 0.2) is 5.15 Å². The zero-order chi connectivity index (χ0) is 28.8. The number of nitrogens with zero attached hydrogens (tertiary/aromatic N) is 6. The second-order valence-corrected chi connectivity index (χ2v) is 10.2. The lowest BCUT2D eigenvalue weighted by Crippen LogP contribution is -2.30. The predicted octanol–water partition coefficient (Wildman–Crippen LogP) is 4.39. The molecule has 4 N–H and O–H groups in total. The summed E-state index contributed by atoms with van der Waals surface area (Å²) in [4.78, 5) is 24.1. The fourth-order valence-electron chi connectivity index (χ4n) is 4.65. The number of hydrogen-bond acceptors (Lipinski definition) is 8. The number of carboxylic acid groups (broad SMARTS) is 1. The molecule has 41 heavy (non-hydrogen) atoms. The molecule has 1 saturated heterocycles. The summed E-state index contributed by atoms with van der Waals surface area (Å²) < 4.78 is 1.49. The van der Waals surface area contributed by atoms with E-state index in [0.717, 1.165) is 25.1 Å². The Kier molecular flexibility index (Phi) is 8.82. The topological polar surface area (TPSA) is 160 Å². The van der Waals surface area contributed by atoms with E-state index < -0.39 is 12.1 Å². The molecule has 2 aromatic heterocycles. The van der Waals surface area contributed by atoms with Crippen LogP contribution in [0.2, 0.25) is 10.2 Å². The van der Waals surface area contributed by atoms with E-state index in [0.29, 0.717) is 45.6 Å². The maximum absolute atomic E-state index is 13.2. The van der Waals surface area contributed by atoms with Crippen molar-refractivity contribution >= 4 is 47.0 Å². The molecule has 0 radical (unpaired) electrons. The smallest absolute Gasteiger partial charge is 0.409 e. The number of carbonyl (C=O) groups excluding carboxylic acids is 1. The Morgan fingerprint density at radius 2 is 1.98 bits per heavy atom. The summed E-state index contributed by atoms with van der Waals surface area (Å²) in [5, 5.41) is 38.1. The average molecular weight is 594 g/mol. The molecule has 1 aliphatic heterocycles. The molecule has 14 heteroatoms. The van der Waals surface area contributed by atoms with Crippen molar-refractivity contribution in [1.82, 2.24) is 41.0 Å². The summed E-state index contributed by atoms with van der Waals surface area (Å²) in [7, 11) is 0. The highest BCUT2D eigenvalue weighted by Gasteiger charge is 2.24. The van der Waals surface area contributed by atoms with Crippen LogP contribution in [-0.2, 0) is 4.79 Å². The van der Waals surface area contributed by atoms with Crippen LogP contribution in [0.4, 0.5) is 10.5 Å². The van der Waals surface area contributed by atoms with Crippen LogP contribution in [0.3, 0.4) is 0 Å². The highest BCUT2D eigenvalue weighted by Crippen LogP contribution is 2.31. The van der Waals surface area contributed by atoms with Gasteiger partial charge in [-0.05, 0) is 90.3 Å². The average Bonchev–Trinajstić information content (AvgIpc) is 3.67. The molecule has 12 nitrogen and oxygen atoms in total. The Morgan fingerprint density at radius 1 is 1.15 bits per heavy atom. The Hall–Kier alpha value is -4.39. The van der Waals surface area contributed by atoms with Crippen LogP contribution in [0.15, 0.2) is 60.9 Å². The third kappa shape index (κ3) is 7.23. The summed E-state index contributed by atoms with van der Waals surface area (Å²) >= 11 is 12.6. The Labute approximate surface area is 244 Å². The van der Waals surface area contributed by atoms with Crippen molar-refractivity contribution < 1.29 is 14.7 Å². The van der Waals surface area contributed by atoms with E-state index in [2.05, 4.69) is 41.7 Å². The van der Waals surface area contributed by atoms with Gasteiger partial charge < -0.3 is 15.7 Å². The van der Waals surface area contributed by atoms with Crippen LogP contribution in [0.5, 0.6) is 0 Å². The number of rotatable bonds is 9. The summed E-state index contributed by atoms with van der Waals surface area (Å²) in [6.45, 7) is 1.75. The number of anilines is 1. The number of halogens is 2. The van der Waals surface area contributed by atoms with Crippen LogP contribution in [0.1, 0.15) is 30.1 Å². The second kappa shape index (κ2) is 12.9. The fourth-order valence-corrected chi connectivity index (χ4v) is 5.03. The Balaban J connectivity index is 1.39. The third-order valence-corrected chi connectivity index (χ3v) is 7.13. The molecule has 210 valence electrons. The van der Waals surface area contributed by atoms with Gasteiger partial charge in [-0.15, -0.1) is 10.2 Å². The van der Waals surface area contributed by atoms with E-state index in [9.17, 15) is 9.59 Å². The van der Waals surface area contributed by atoms with E-state index >= 15 is 0 Å². The fraction of sp³-hybridized carbons (Fsp3) is 0.222. The molecule has 1 aliphatic rings. The van der Waals surface area contributed by atoms with Gasteiger partial charge in [0.25, 0.3) is 0 Å². The van der Waals surface area contributed by atoms with Crippen LogP contribution in [0, 0.1) is 5.92 Å². The molecule has 0 aliphatic carbocycles. The monoisotopic (exact) mass is 593 g/mol. The minimum absolute atomic E-state index is 0.191. The highest BCUT2D eigenvalue weighted by atomic mass is 35.5. The number of nitrogens with one attached hydrogen (secondary N) is 3. The molecule has 3 heterocycles. The lowest BCUT2D eigenvalue weighted by atomic mass is 9.95. The van der Waals surface area contributed by atoms with Gasteiger partial charge in [-0.3, -0.25) is 10.1 Å². The first kappa shape index (κ1) is 28.1. The largest absolute Gasteiger partial charge is 0.465 e. The Bertz CT molecular complexity index is 1560. The van der Waals surface area contributed by atoms with Crippen molar-refractivity contribution in [2.24, 2.45) is 5.92 Å². The maximum atomic E-state index is 13.2. The number of carbonyl (C=O) groups is 2. The van der Waals surface area contributed by atoms with Crippen molar-refractivity contribution in [2.45, 2.75) is 18.9 Å². The standard InChI is InChI=1S/C27H25Cl2N9O3/c28-19-4-7-24(38-15-31-36-37-38)18(12-19)3-8-25(39)33-22(11-16-9-10-30-14-16)23-13-21(26(29)35-34-23)17-1-5-20(6-2-17)32-27(40)41/h1-8,12-13,15-16,22,30,32H,9-11,14H2,(H,33,39)(H,40,41)/t16?,22-/m0/s1. The number of hydrogen-bond donors (Lipinski definition) is 4. The van der Waals surface area contributed by atoms with E-state index in [-0.39, 0.29) is 11.1 Å². The molecule has 4 aromatic rings. The van der Waals surface area contributed by atoms with E-state index in [4.69, 9.17) is 28.3 Å². The van der Waals surface area contributed by atoms with Crippen molar-refractivity contribution in [3.63, 3.8) is 0 Å². The minimum atomic E-state index is -1.15. The molecular formula is C27H25Cl2N9O3. The minimum Gasteiger partial charge on any atom is -0.465 e. The summed E-state index contributed by atoms with van der Waals surface area (Å²) in [6.07, 6.45) is 5.01. The Morgan fingerprint density at radius 3 is 2.68 bits per heavy atom. The molecule has 0 bridgehead atoms. The van der Waals surface area contributed by atoms with Crippen LogP contribution in [0.25, 0.3) is 22.9 Å². The molecule has 5 rings (SSSR count). The number of benzene rings is 2. The number of tetrazole rings is 1. The van der Waals surface area contributed by atoms with Gasteiger partial charge in [0, 0.05) is 27.9 Å². The van der Waals surface area contributed by atoms with Gasteiger partial charge in [0.1, 0.15) is 6.33 Å². The lowest BCUT2D eigenvalue weighted by Gasteiger charge is -2.21. The molecule has 0 spiro atoms. The number of amides is 2. The van der Waals surface area contributed by atoms with Gasteiger partial charge >= 0.3 is 6.09 Å². The maximum Gasteiger partial charge on any atom is 0.409 e. The van der Waals surface area contributed by atoms with Crippen molar-refractivity contribution in [2.75, 3.05) is 18.4 Å². The van der Waals surface area contributed by atoms with Crippen molar-refractivity contribution in [3.8, 4) is 16.8 Å². The first-order valence-electron chi connectivity index (χ1n) is 12.7. The van der Waals surface area contributed by atoms with Gasteiger partial charge in [-0.25, -0.2) is 4.79 Å². The predicted molar refractivity (Wildman–Crippen MR) is 154 cm³/mol. The van der Waals surface area contributed by atoms with E-state index in [1.807, 2.05) is 0 Å². The van der Waals surface area contributed by atoms with Crippen molar-refractivity contribution in [1.29, 1.82) is 0 Å². The first-order chi connectivity index (χ1) is 19.9. The molecule has 1 unspecified atom stereocenters. The van der Waals surface area contributed by atoms with Gasteiger partial charge in [-0.1, -0.05) is 35.3 Å². The number of aromatic nitrogens is 6. The second-order valence-electron chi connectivity index (χ2n) is 9.43. The lowest BCUT2D eigenvalue weighted by molar-refractivity contribution is -0.117. The summed E-state index contributed by atoms with van der Waals surface area (Å²) in [6, 6.07) is 13.3. The van der Waals surface area contributed by atoms with Crippen LogP contribution in [-0.4, -0.2) is 60.6 Å². The van der Waals surface area contributed by atoms with E-state index in [1.165, 1.54) is 17.1 Å². The van der Waals surface area contributed by atoms with Gasteiger partial charge in [0.2, 0.25) is 5.91 Å². The molecular weight excluding hydrogens is 569 g/mol. The van der Waals surface area contributed by atoms with Gasteiger partial charge in [0.05, 0.1) is 17.4 Å². The molecule has 0 saturated carbocycles. The molecule has 2 aromatic carbocycles. The molecule has 2 amide bonds. The molecule has 2 atom stereocenters. The summed E-state index contributed by atoms with van der Waals surface area (Å²) in [5.41, 5.74) is 3.64. The van der Waals surface area contributed by atoms with Gasteiger partial charge in [-0.2, -0.15) is 9.78 Å². The zero-order valence-corrected chi connectivity index (χ0v) is 23.0.